The first-order valence-corrected chi connectivity index (χ1v) is 8.81. The number of carbonyl (C=O) groups excluding carboxylic acids is 2. The number of hydrogen-bond acceptors (Lipinski definition) is 4. The molecule has 4 nitrogen and oxygen atoms in total. The summed E-state index contributed by atoms with van der Waals surface area (Å²) in [4.78, 5) is 22.7. The number of carbonyl (C=O) groups is 2. The molecule has 0 aliphatic carbocycles. The van der Waals surface area contributed by atoms with E-state index in [0.717, 1.165) is 25.7 Å². The Morgan fingerprint density at radius 2 is 1.50 bits per heavy atom. The molecule has 0 aliphatic heterocycles. The Morgan fingerprint density at radius 3 is 2.00 bits per heavy atom. The highest BCUT2D eigenvalue weighted by molar-refractivity contribution is 6.21. The van der Waals surface area contributed by atoms with Gasteiger partial charge in [0, 0.05) is 10.8 Å². The number of hydrogen-bond donors (Lipinski definition) is 0. The summed E-state index contributed by atoms with van der Waals surface area (Å²) in [5, 5.41) is -0.389. The van der Waals surface area contributed by atoms with Crippen molar-refractivity contribution in [2.24, 2.45) is 5.92 Å². The van der Waals surface area contributed by atoms with Crippen LogP contribution in [0.3, 0.4) is 0 Å². The zero-order valence-electron chi connectivity index (χ0n) is 13.8. The lowest BCUT2D eigenvalue weighted by atomic mass is 10.0. The molecule has 22 heavy (non-hydrogen) atoms. The summed E-state index contributed by atoms with van der Waals surface area (Å²) in [6.45, 7) is 6.46. The van der Waals surface area contributed by atoms with E-state index in [9.17, 15) is 9.59 Å². The minimum absolute atomic E-state index is 0.192. The van der Waals surface area contributed by atoms with Crippen molar-refractivity contribution in [3.05, 3.63) is 0 Å². The fourth-order valence-corrected chi connectivity index (χ4v) is 2.17. The van der Waals surface area contributed by atoms with Crippen LogP contribution >= 0.6 is 23.2 Å². The highest BCUT2D eigenvalue weighted by atomic mass is 35.5. The predicted octanol–water partition coefficient (Wildman–Crippen LogP) is 4.30. The summed E-state index contributed by atoms with van der Waals surface area (Å²) in [7, 11) is 0. The summed E-state index contributed by atoms with van der Waals surface area (Å²) >= 11 is 11.5. The molecule has 0 amide bonds. The standard InChI is InChI=1S/C16H28Cl2O4/c1-4-14(11-22-16(20)10-13(3)18)7-5-6-8-21-15(19)9-12(2)17/h12-14H,4-11H2,1-3H3. The van der Waals surface area contributed by atoms with Gasteiger partial charge in [-0.05, 0) is 39.0 Å². The van der Waals surface area contributed by atoms with E-state index in [-0.39, 0.29) is 35.5 Å². The van der Waals surface area contributed by atoms with Crippen LogP contribution in [0.1, 0.15) is 59.3 Å². The van der Waals surface area contributed by atoms with Gasteiger partial charge in [0.05, 0.1) is 26.1 Å². The minimum Gasteiger partial charge on any atom is -0.466 e. The van der Waals surface area contributed by atoms with Crippen molar-refractivity contribution in [2.45, 2.75) is 70.1 Å². The monoisotopic (exact) mass is 354 g/mol. The second-order valence-electron chi connectivity index (χ2n) is 5.64. The number of rotatable bonds is 12. The summed E-state index contributed by atoms with van der Waals surface area (Å²) in [6, 6.07) is 0. The molecule has 0 saturated carbocycles. The lowest BCUT2D eigenvalue weighted by molar-refractivity contribution is -0.145. The highest BCUT2D eigenvalue weighted by Gasteiger charge is 2.12. The molecule has 0 heterocycles. The normalized spacial score (nSPS) is 15.0. The van der Waals surface area contributed by atoms with Gasteiger partial charge < -0.3 is 9.47 Å². The molecule has 0 aliphatic rings. The van der Waals surface area contributed by atoms with E-state index < -0.39 is 0 Å². The van der Waals surface area contributed by atoms with E-state index >= 15 is 0 Å². The van der Waals surface area contributed by atoms with E-state index in [1.165, 1.54) is 0 Å². The second-order valence-corrected chi connectivity index (χ2v) is 7.13. The largest absolute Gasteiger partial charge is 0.466 e. The van der Waals surface area contributed by atoms with Crippen molar-refractivity contribution >= 4 is 35.1 Å². The number of alkyl halides is 2. The number of ether oxygens (including phenoxy) is 2. The molecular formula is C16H28Cl2O4. The first kappa shape index (κ1) is 21.5. The molecule has 130 valence electrons. The molecule has 0 aromatic carbocycles. The quantitative estimate of drug-likeness (QED) is 0.297. The van der Waals surface area contributed by atoms with Gasteiger partial charge in [-0.3, -0.25) is 9.59 Å². The van der Waals surface area contributed by atoms with Gasteiger partial charge in [-0.2, -0.15) is 0 Å². The molecule has 0 aromatic rings. The van der Waals surface area contributed by atoms with E-state index in [4.69, 9.17) is 32.7 Å². The van der Waals surface area contributed by atoms with Crippen LogP contribution in [0.25, 0.3) is 0 Å². The van der Waals surface area contributed by atoms with E-state index in [1.54, 1.807) is 13.8 Å². The van der Waals surface area contributed by atoms with Crippen molar-refractivity contribution < 1.29 is 19.1 Å². The fourth-order valence-electron chi connectivity index (χ4n) is 1.91. The van der Waals surface area contributed by atoms with Crippen molar-refractivity contribution in [3.63, 3.8) is 0 Å². The predicted molar refractivity (Wildman–Crippen MR) is 89.4 cm³/mol. The summed E-state index contributed by atoms with van der Waals surface area (Å²) < 4.78 is 10.3. The van der Waals surface area contributed by atoms with Crippen LogP contribution < -0.4 is 0 Å². The Kier molecular flexibility index (Phi) is 12.7. The first-order chi connectivity index (χ1) is 10.3. The minimum atomic E-state index is -0.251. The highest BCUT2D eigenvalue weighted by Crippen LogP contribution is 2.14. The molecule has 0 rings (SSSR count). The fraction of sp³-hybridized carbons (Fsp3) is 0.875. The Morgan fingerprint density at radius 1 is 0.955 bits per heavy atom. The van der Waals surface area contributed by atoms with Crippen LogP contribution in [0.4, 0.5) is 0 Å². The number of unbranched alkanes of at least 4 members (excludes halogenated alkanes) is 1. The molecule has 0 bridgehead atoms. The topological polar surface area (TPSA) is 52.6 Å². The average Bonchev–Trinajstić information content (AvgIpc) is 2.40. The van der Waals surface area contributed by atoms with Crippen LogP contribution in [0, 0.1) is 5.92 Å². The van der Waals surface area contributed by atoms with Crippen molar-refractivity contribution in [3.8, 4) is 0 Å². The van der Waals surface area contributed by atoms with Crippen LogP contribution in [0.15, 0.2) is 0 Å². The molecule has 6 heteroatoms. The van der Waals surface area contributed by atoms with Crippen LogP contribution in [0.5, 0.6) is 0 Å². The molecule has 3 atom stereocenters. The van der Waals surface area contributed by atoms with Gasteiger partial charge >= 0.3 is 11.9 Å². The second kappa shape index (κ2) is 13.0. The number of esters is 2. The SMILES string of the molecule is CCC(CCCCOC(=O)CC(C)Cl)COC(=O)CC(C)Cl. The Bertz CT molecular complexity index is 319. The van der Waals surface area contributed by atoms with E-state index in [0.29, 0.717) is 19.1 Å². The first-order valence-electron chi connectivity index (χ1n) is 7.94. The van der Waals surface area contributed by atoms with Gasteiger partial charge in [0.25, 0.3) is 0 Å². The zero-order chi connectivity index (χ0) is 17.0. The van der Waals surface area contributed by atoms with Gasteiger partial charge in [0.15, 0.2) is 0 Å². The molecule has 0 saturated heterocycles. The molecule has 3 unspecified atom stereocenters. The average molecular weight is 355 g/mol. The third-order valence-corrected chi connectivity index (χ3v) is 3.53. The summed E-state index contributed by atoms with van der Waals surface area (Å²) in [5.41, 5.74) is 0. The van der Waals surface area contributed by atoms with Gasteiger partial charge in [0.1, 0.15) is 0 Å². The Labute approximate surface area is 143 Å². The van der Waals surface area contributed by atoms with Crippen molar-refractivity contribution in [1.29, 1.82) is 0 Å². The number of halogens is 2. The Hall–Kier alpha value is -0.480. The molecule has 0 aromatic heterocycles. The van der Waals surface area contributed by atoms with Gasteiger partial charge in [-0.1, -0.05) is 13.3 Å². The third-order valence-electron chi connectivity index (χ3n) is 3.22. The molecule has 0 fully saturated rings. The molecule has 0 N–H and O–H groups in total. The van der Waals surface area contributed by atoms with E-state index in [2.05, 4.69) is 6.92 Å². The van der Waals surface area contributed by atoms with E-state index in [1.807, 2.05) is 0 Å². The van der Waals surface area contributed by atoms with Gasteiger partial charge in [-0.15, -0.1) is 23.2 Å². The molecule has 0 radical (unpaired) electrons. The lowest BCUT2D eigenvalue weighted by Crippen LogP contribution is -2.16. The van der Waals surface area contributed by atoms with Crippen LogP contribution in [0.2, 0.25) is 0 Å². The maximum Gasteiger partial charge on any atom is 0.307 e. The lowest BCUT2D eigenvalue weighted by Gasteiger charge is -2.15. The van der Waals surface area contributed by atoms with Crippen molar-refractivity contribution in [2.75, 3.05) is 13.2 Å². The summed E-state index contributed by atoms with van der Waals surface area (Å²) in [6.07, 6.45) is 4.13. The van der Waals surface area contributed by atoms with Gasteiger partial charge in [0.2, 0.25) is 0 Å². The summed E-state index contributed by atoms with van der Waals surface area (Å²) in [5.74, 6) is -0.156. The maximum absolute atomic E-state index is 11.4. The third kappa shape index (κ3) is 13.2. The zero-order valence-corrected chi connectivity index (χ0v) is 15.3. The maximum atomic E-state index is 11.4. The van der Waals surface area contributed by atoms with Gasteiger partial charge in [-0.25, -0.2) is 0 Å². The van der Waals surface area contributed by atoms with Crippen molar-refractivity contribution in [1.82, 2.24) is 0 Å². The van der Waals surface area contributed by atoms with Crippen LogP contribution in [-0.2, 0) is 19.1 Å². The van der Waals surface area contributed by atoms with Crippen LogP contribution in [-0.4, -0.2) is 35.9 Å². The molecular weight excluding hydrogens is 327 g/mol. The smallest absolute Gasteiger partial charge is 0.307 e. The molecule has 0 spiro atoms. The Balaban J connectivity index is 3.69.